The number of guanidine groups is 1. The molecule has 0 radical (unpaired) electrons. The molecule has 0 aliphatic rings. The molecule has 5 nitrogen and oxygen atoms in total. The molecule has 0 amide bonds. The Labute approximate surface area is 166 Å². The Morgan fingerprint density at radius 3 is 2.72 bits per heavy atom. The summed E-state index contributed by atoms with van der Waals surface area (Å²) in [5.41, 5.74) is 2.82. The molecule has 1 aromatic heterocycles. The van der Waals surface area contributed by atoms with E-state index in [1.165, 1.54) is 11.6 Å². The number of aromatic nitrogens is 2. The molecule has 1 aromatic carbocycles. The first-order valence-corrected chi connectivity index (χ1v) is 8.34. The third-order valence-electron chi connectivity index (χ3n) is 3.61. The molecular weight excluding hydrogens is 432 g/mol. The van der Waals surface area contributed by atoms with Gasteiger partial charge in [0.05, 0.1) is 12.7 Å². The molecule has 25 heavy (non-hydrogen) atoms. The minimum absolute atomic E-state index is 0. The van der Waals surface area contributed by atoms with Crippen LogP contribution in [0.25, 0.3) is 0 Å². The number of nitrogens with zero attached hydrogens (tertiary/aromatic N) is 3. The summed E-state index contributed by atoms with van der Waals surface area (Å²) in [6, 6.07) is 5.10. The minimum Gasteiger partial charge on any atom is -0.357 e. The van der Waals surface area contributed by atoms with Gasteiger partial charge >= 0.3 is 0 Å². The van der Waals surface area contributed by atoms with Crippen LogP contribution in [0.3, 0.4) is 0 Å². The summed E-state index contributed by atoms with van der Waals surface area (Å²) in [5, 5.41) is 10.8. The maximum absolute atomic E-state index is 13.3. The number of halogens is 2. The van der Waals surface area contributed by atoms with Crippen molar-refractivity contribution in [3.05, 3.63) is 53.1 Å². The fourth-order valence-corrected chi connectivity index (χ4v) is 2.35. The maximum Gasteiger partial charge on any atom is 0.191 e. The maximum atomic E-state index is 13.3. The Bertz CT molecular complexity index is 684. The predicted octanol–water partition coefficient (Wildman–Crippen LogP) is 3.40. The zero-order valence-corrected chi connectivity index (χ0v) is 17.4. The Hall–Kier alpha value is -1.64. The zero-order chi connectivity index (χ0) is 17.4. The van der Waals surface area contributed by atoms with Gasteiger partial charge in [0.15, 0.2) is 5.96 Å². The summed E-state index contributed by atoms with van der Waals surface area (Å²) < 4.78 is 15.2. The van der Waals surface area contributed by atoms with E-state index in [1.54, 1.807) is 13.0 Å². The topological polar surface area (TPSA) is 54.2 Å². The van der Waals surface area contributed by atoms with Crippen LogP contribution < -0.4 is 10.6 Å². The highest BCUT2D eigenvalue weighted by molar-refractivity contribution is 14.0. The molecule has 0 unspecified atom stereocenters. The van der Waals surface area contributed by atoms with Crippen LogP contribution in [0.1, 0.15) is 30.0 Å². The normalized spacial score (nSPS) is 11.1. The Kier molecular flexibility index (Phi) is 9.48. The molecular formula is C18H27FIN5. The van der Waals surface area contributed by atoms with Crippen LogP contribution >= 0.6 is 24.0 Å². The summed E-state index contributed by atoms with van der Waals surface area (Å²) in [7, 11) is 0. The van der Waals surface area contributed by atoms with E-state index in [0.717, 1.165) is 37.6 Å². The first-order chi connectivity index (χ1) is 11.6. The molecule has 2 aromatic rings. The zero-order valence-electron chi connectivity index (χ0n) is 15.1. The van der Waals surface area contributed by atoms with E-state index in [1.807, 2.05) is 37.0 Å². The number of nitrogens with one attached hydrogen (secondary N) is 2. The smallest absolute Gasteiger partial charge is 0.191 e. The van der Waals surface area contributed by atoms with Gasteiger partial charge in [-0.05, 0) is 49.9 Å². The number of aliphatic imine (C=N–C) groups is 1. The summed E-state index contributed by atoms with van der Waals surface area (Å²) in [5.74, 6) is 0.595. The summed E-state index contributed by atoms with van der Waals surface area (Å²) in [6.07, 6.45) is 4.86. The van der Waals surface area contributed by atoms with Crippen LogP contribution in [0.15, 0.2) is 35.6 Å². The second kappa shape index (κ2) is 11.1. The van der Waals surface area contributed by atoms with Crippen molar-refractivity contribution in [3.8, 4) is 0 Å². The van der Waals surface area contributed by atoms with E-state index < -0.39 is 0 Å². The highest BCUT2D eigenvalue weighted by atomic mass is 127. The molecule has 0 atom stereocenters. The van der Waals surface area contributed by atoms with Crippen LogP contribution in [0.2, 0.25) is 0 Å². The molecule has 0 saturated carbocycles. The minimum atomic E-state index is -0.179. The van der Waals surface area contributed by atoms with E-state index in [2.05, 4.69) is 20.7 Å². The van der Waals surface area contributed by atoms with E-state index in [4.69, 9.17) is 0 Å². The molecule has 0 aliphatic heterocycles. The van der Waals surface area contributed by atoms with Crippen molar-refractivity contribution >= 4 is 29.9 Å². The third-order valence-corrected chi connectivity index (χ3v) is 3.61. The average Bonchev–Trinajstić information content (AvgIpc) is 2.97. The molecule has 2 N–H and O–H groups in total. The lowest BCUT2D eigenvalue weighted by atomic mass is 10.1. The molecule has 2 rings (SSSR count). The van der Waals surface area contributed by atoms with E-state index in [9.17, 15) is 4.39 Å². The standard InChI is InChI=1S/C18H26FN5.HI/c1-4-20-18(21-8-5-9-24-13-14(2)11-23-24)22-12-16-6-7-17(19)15(3)10-16;/h6-7,10-11,13H,4-5,8-9,12H2,1-3H3,(H2,20,21,22);1H. The van der Waals surface area contributed by atoms with Gasteiger partial charge in [0.2, 0.25) is 0 Å². The molecule has 7 heteroatoms. The van der Waals surface area contributed by atoms with Gasteiger partial charge in [-0.3, -0.25) is 4.68 Å². The SMILES string of the molecule is CCNC(=NCc1ccc(F)c(C)c1)NCCCn1cc(C)cn1.I. The lowest BCUT2D eigenvalue weighted by Crippen LogP contribution is -2.38. The molecule has 1 heterocycles. The molecule has 0 bridgehead atoms. The van der Waals surface area contributed by atoms with Crippen molar-refractivity contribution in [2.75, 3.05) is 13.1 Å². The van der Waals surface area contributed by atoms with E-state index >= 15 is 0 Å². The van der Waals surface area contributed by atoms with Crippen molar-refractivity contribution in [3.63, 3.8) is 0 Å². The second-order valence-corrected chi connectivity index (χ2v) is 5.84. The summed E-state index contributed by atoms with van der Waals surface area (Å²) in [6.45, 7) is 8.84. The Morgan fingerprint density at radius 2 is 2.08 bits per heavy atom. The van der Waals surface area contributed by atoms with Gasteiger partial charge in [-0.1, -0.05) is 12.1 Å². The summed E-state index contributed by atoms with van der Waals surface area (Å²) >= 11 is 0. The largest absolute Gasteiger partial charge is 0.357 e. The summed E-state index contributed by atoms with van der Waals surface area (Å²) in [4.78, 5) is 4.55. The molecule has 0 spiro atoms. The van der Waals surface area contributed by atoms with Crippen molar-refractivity contribution in [2.24, 2.45) is 4.99 Å². The Balaban J connectivity index is 0.00000312. The lowest BCUT2D eigenvalue weighted by Gasteiger charge is -2.11. The molecule has 138 valence electrons. The van der Waals surface area contributed by atoms with Crippen LogP contribution in [0, 0.1) is 19.7 Å². The van der Waals surface area contributed by atoms with Crippen LogP contribution in [0.5, 0.6) is 0 Å². The molecule has 0 aliphatic carbocycles. The highest BCUT2D eigenvalue weighted by Crippen LogP contribution is 2.10. The van der Waals surface area contributed by atoms with Crippen LogP contribution in [-0.2, 0) is 13.1 Å². The number of benzene rings is 1. The van der Waals surface area contributed by atoms with Gasteiger partial charge in [0, 0.05) is 25.8 Å². The molecule has 0 fully saturated rings. The molecule has 0 saturated heterocycles. The van der Waals surface area contributed by atoms with Gasteiger partial charge in [-0.15, -0.1) is 24.0 Å². The van der Waals surface area contributed by atoms with E-state index in [0.29, 0.717) is 12.1 Å². The number of aryl methyl sites for hydroxylation is 3. The fraction of sp³-hybridized carbons (Fsp3) is 0.444. The number of rotatable bonds is 7. The van der Waals surface area contributed by atoms with Gasteiger partial charge in [-0.25, -0.2) is 9.38 Å². The van der Waals surface area contributed by atoms with Crippen molar-refractivity contribution in [2.45, 2.75) is 40.3 Å². The fourth-order valence-electron chi connectivity index (χ4n) is 2.35. The first-order valence-electron chi connectivity index (χ1n) is 8.34. The third kappa shape index (κ3) is 7.41. The monoisotopic (exact) mass is 459 g/mol. The van der Waals surface area contributed by atoms with Gasteiger partial charge in [-0.2, -0.15) is 5.10 Å². The van der Waals surface area contributed by atoms with Gasteiger partial charge in [0.1, 0.15) is 5.82 Å². The first kappa shape index (κ1) is 21.4. The highest BCUT2D eigenvalue weighted by Gasteiger charge is 2.01. The number of hydrogen-bond donors (Lipinski definition) is 2. The van der Waals surface area contributed by atoms with Crippen molar-refractivity contribution in [1.82, 2.24) is 20.4 Å². The van der Waals surface area contributed by atoms with E-state index in [-0.39, 0.29) is 29.8 Å². The predicted molar refractivity (Wildman–Crippen MR) is 111 cm³/mol. The van der Waals surface area contributed by atoms with Crippen LogP contribution in [-0.4, -0.2) is 28.8 Å². The lowest BCUT2D eigenvalue weighted by molar-refractivity contribution is 0.570. The quantitative estimate of drug-likeness (QED) is 0.289. The van der Waals surface area contributed by atoms with Crippen molar-refractivity contribution in [1.29, 1.82) is 0 Å². The van der Waals surface area contributed by atoms with Crippen LogP contribution in [0.4, 0.5) is 4.39 Å². The Morgan fingerprint density at radius 1 is 1.28 bits per heavy atom. The number of hydrogen-bond acceptors (Lipinski definition) is 2. The van der Waals surface area contributed by atoms with Gasteiger partial charge in [0.25, 0.3) is 0 Å². The van der Waals surface area contributed by atoms with Gasteiger partial charge < -0.3 is 10.6 Å². The second-order valence-electron chi connectivity index (χ2n) is 5.84. The van der Waals surface area contributed by atoms with Crippen molar-refractivity contribution < 1.29 is 4.39 Å². The average molecular weight is 459 g/mol.